The summed E-state index contributed by atoms with van der Waals surface area (Å²) in [6.45, 7) is 0. The van der Waals surface area contributed by atoms with E-state index < -0.39 is 5.97 Å². The third kappa shape index (κ3) is 2.98. The highest BCUT2D eigenvalue weighted by Gasteiger charge is 2.02. The first-order valence-corrected chi connectivity index (χ1v) is 4.86. The van der Waals surface area contributed by atoms with E-state index in [0.29, 0.717) is 11.3 Å². The Kier molecular flexibility index (Phi) is 4.12. The molecule has 0 spiro atoms. The predicted octanol–water partition coefficient (Wildman–Crippen LogP) is 3.06. The number of carboxylic acids is 1. The molecule has 3 nitrogen and oxygen atoms in total. The number of nitrogens with two attached hydrogens (primary N) is 1. The van der Waals surface area contributed by atoms with Gasteiger partial charge < -0.3 is 10.8 Å². The van der Waals surface area contributed by atoms with Gasteiger partial charge in [-0.1, -0.05) is 24.3 Å². The van der Waals surface area contributed by atoms with E-state index in [-0.39, 0.29) is 12.4 Å². The van der Waals surface area contributed by atoms with Gasteiger partial charge in [-0.3, -0.25) is 0 Å². The molecular weight excluding hydrogens is 238 g/mol. The monoisotopic (exact) mass is 249 g/mol. The zero-order valence-electron chi connectivity index (χ0n) is 8.96. The van der Waals surface area contributed by atoms with Gasteiger partial charge in [-0.25, -0.2) is 4.79 Å². The summed E-state index contributed by atoms with van der Waals surface area (Å²) < 4.78 is 0. The summed E-state index contributed by atoms with van der Waals surface area (Å²) in [6, 6.07) is 14.2. The van der Waals surface area contributed by atoms with E-state index in [1.807, 2.05) is 24.3 Å². The van der Waals surface area contributed by atoms with Crippen molar-refractivity contribution < 1.29 is 9.90 Å². The number of hydrogen-bond acceptors (Lipinski definition) is 2. The molecule has 0 radical (unpaired) electrons. The van der Waals surface area contributed by atoms with Crippen molar-refractivity contribution in [3.05, 3.63) is 54.1 Å². The van der Waals surface area contributed by atoms with Crippen molar-refractivity contribution >= 4 is 24.1 Å². The predicted molar refractivity (Wildman–Crippen MR) is 70.5 cm³/mol. The zero-order chi connectivity index (χ0) is 11.5. The molecule has 0 amide bonds. The van der Waals surface area contributed by atoms with E-state index in [4.69, 9.17) is 10.8 Å². The lowest BCUT2D eigenvalue weighted by molar-refractivity contribution is 0.0697. The molecule has 2 rings (SSSR count). The highest BCUT2D eigenvalue weighted by molar-refractivity contribution is 5.88. The van der Waals surface area contributed by atoms with Gasteiger partial charge in [0.05, 0.1) is 5.56 Å². The quantitative estimate of drug-likeness (QED) is 0.804. The molecule has 0 aliphatic rings. The fraction of sp³-hybridized carbons (Fsp3) is 0. The van der Waals surface area contributed by atoms with Gasteiger partial charge in [-0.05, 0) is 35.4 Å². The SMILES string of the molecule is Cl.Nc1ccc(-c2ccc(C(=O)O)cc2)cc1. The smallest absolute Gasteiger partial charge is 0.335 e. The van der Waals surface area contributed by atoms with Crippen LogP contribution in [0.5, 0.6) is 0 Å². The van der Waals surface area contributed by atoms with Gasteiger partial charge >= 0.3 is 5.97 Å². The molecule has 0 aromatic heterocycles. The molecule has 0 unspecified atom stereocenters. The number of carboxylic acid groups (broad SMARTS) is 1. The van der Waals surface area contributed by atoms with E-state index in [1.54, 1.807) is 24.3 Å². The summed E-state index contributed by atoms with van der Waals surface area (Å²) in [7, 11) is 0. The van der Waals surface area contributed by atoms with Crippen LogP contribution in [-0.4, -0.2) is 11.1 Å². The van der Waals surface area contributed by atoms with Crippen molar-refractivity contribution in [1.29, 1.82) is 0 Å². The Morgan fingerprint density at radius 1 is 0.882 bits per heavy atom. The van der Waals surface area contributed by atoms with Gasteiger partial charge in [0.1, 0.15) is 0 Å². The minimum absolute atomic E-state index is 0. The lowest BCUT2D eigenvalue weighted by Gasteiger charge is -2.02. The number of benzene rings is 2. The van der Waals surface area contributed by atoms with Crippen molar-refractivity contribution in [3.63, 3.8) is 0 Å². The summed E-state index contributed by atoms with van der Waals surface area (Å²) in [4.78, 5) is 10.7. The number of halogens is 1. The molecule has 0 fully saturated rings. The molecule has 0 heterocycles. The average molecular weight is 250 g/mol. The standard InChI is InChI=1S/C13H11NO2.ClH/c14-12-7-5-10(6-8-12)9-1-3-11(4-2-9)13(15)16;/h1-8H,14H2,(H,15,16);1H. The average Bonchev–Trinajstić information content (AvgIpc) is 2.30. The molecule has 0 bridgehead atoms. The Hall–Kier alpha value is -2.00. The second kappa shape index (κ2) is 5.37. The van der Waals surface area contributed by atoms with Crippen molar-refractivity contribution in [1.82, 2.24) is 0 Å². The highest BCUT2D eigenvalue weighted by atomic mass is 35.5. The Balaban J connectivity index is 0.00000144. The summed E-state index contributed by atoms with van der Waals surface area (Å²) >= 11 is 0. The van der Waals surface area contributed by atoms with Gasteiger partial charge in [-0.2, -0.15) is 0 Å². The fourth-order valence-corrected chi connectivity index (χ4v) is 1.48. The first-order valence-electron chi connectivity index (χ1n) is 4.86. The maximum atomic E-state index is 10.7. The number of carbonyl (C=O) groups is 1. The number of anilines is 1. The Morgan fingerprint density at radius 2 is 1.29 bits per heavy atom. The van der Waals surface area contributed by atoms with Gasteiger partial charge in [0, 0.05) is 5.69 Å². The molecule has 0 aliphatic carbocycles. The number of rotatable bonds is 2. The van der Waals surface area contributed by atoms with Crippen LogP contribution in [0.4, 0.5) is 5.69 Å². The minimum atomic E-state index is -0.913. The van der Waals surface area contributed by atoms with Crippen LogP contribution in [0, 0.1) is 0 Å². The molecule has 4 heteroatoms. The van der Waals surface area contributed by atoms with Crippen LogP contribution >= 0.6 is 12.4 Å². The summed E-state index contributed by atoms with van der Waals surface area (Å²) in [6.07, 6.45) is 0. The second-order valence-corrected chi connectivity index (χ2v) is 3.50. The Morgan fingerprint density at radius 3 is 1.71 bits per heavy atom. The summed E-state index contributed by atoms with van der Waals surface area (Å²) in [5.41, 5.74) is 8.59. The molecule has 2 aromatic carbocycles. The van der Waals surface area contributed by atoms with Gasteiger partial charge in [0.2, 0.25) is 0 Å². The number of aromatic carboxylic acids is 1. The highest BCUT2D eigenvalue weighted by Crippen LogP contribution is 2.20. The van der Waals surface area contributed by atoms with Crippen LogP contribution in [0.1, 0.15) is 10.4 Å². The van der Waals surface area contributed by atoms with Crippen molar-refractivity contribution in [2.24, 2.45) is 0 Å². The van der Waals surface area contributed by atoms with Crippen LogP contribution in [-0.2, 0) is 0 Å². The topological polar surface area (TPSA) is 63.3 Å². The largest absolute Gasteiger partial charge is 0.478 e. The van der Waals surface area contributed by atoms with Gasteiger partial charge in [0.15, 0.2) is 0 Å². The Labute approximate surface area is 105 Å². The van der Waals surface area contributed by atoms with E-state index in [2.05, 4.69) is 0 Å². The van der Waals surface area contributed by atoms with E-state index >= 15 is 0 Å². The van der Waals surface area contributed by atoms with Crippen molar-refractivity contribution in [3.8, 4) is 11.1 Å². The lowest BCUT2D eigenvalue weighted by Crippen LogP contribution is -1.94. The van der Waals surface area contributed by atoms with Crippen LogP contribution < -0.4 is 5.73 Å². The first kappa shape index (κ1) is 13.1. The van der Waals surface area contributed by atoms with Crippen molar-refractivity contribution in [2.75, 3.05) is 5.73 Å². The third-order valence-electron chi connectivity index (χ3n) is 2.38. The zero-order valence-corrected chi connectivity index (χ0v) is 9.78. The maximum Gasteiger partial charge on any atom is 0.335 e. The molecule has 17 heavy (non-hydrogen) atoms. The molecule has 3 N–H and O–H groups in total. The minimum Gasteiger partial charge on any atom is -0.478 e. The lowest BCUT2D eigenvalue weighted by atomic mass is 10.0. The van der Waals surface area contributed by atoms with Crippen LogP contribution in [0.25, 0.3) is 11.1 Å². The number of hydrogen-bond donors (Lipinski definition) is 2. The second-order valence-electron chi connectivity index (χ2n) is 3.50. The maximum absolute atomic E-state index is 10.7. The molecule has 88 valence electrons. The van der Waals surface area contributed by atoms with E-state index in [9.17, 15) is 4.79 Å². The summed E-state index contributed by atoms with van der Waals surface area (Å²) in [5, 5.41) is 8.77. The fourth-order valence-electron chi connectivity index (χ4n) is 1.48. The molecule has 0 aliphatic heterocycles. The van der Waals surface area contributed by atoms with Gasteiger partial charge in [0.25, 0.3) is 0 Å². The van der Waals surface area contributed by atoms with Crippen LogP contribution in [0.3, 0.4) is 0 Å². The van der Waals surface area contributed by atoms with Crippen molar-refractivity contribution in [2.45, 2.75) is 0 Å². The number of nitrogen functional groups attached to an aromatic ring is 1. The first-order chi connectivity index (χ1) is 7.66. The van der Waals surface area contributed by atoms with E-state index in [0.717, 1.165) is 11.1 Å². The molecule has 0 atom stereocenters. The normalized spacial score (nSPS) is 9.41. The third-order valence-corrected chi connectivity index (χ3v) is 2.38. The molecule has 0 saturated carbocycles. The van der Waals surface area contributed by atoms with Crippen LogP contribution in [0.2, 0.25) is 0 Å². The molecule has 2 aromatic rings. The molecular formula is C13H12ClNO2. The van der Waals surface area contributed by atoms with E-state index in [1.165, 1.54) is 0 Å². The Bertz CT molecular complexity index is 506. The molecule has 0 saturated heterocycles. The van der Waals surface area contributed by atoms with Gasteiger partial charge in [-0.15, -0.1) is 12.4 Å². The summed E-state index contributed by atoms with van der Waals surface area (Å²) in [5.74, 6) is -0.913. The van der Waals surface area contributed by atoms with Crippen LogP contribution in [0.15, 0.2) is 48.5 Å².